The van der Waals surface area contributed by atoms with Gasteiger partial charge in [-0.25, -0.2) is 4.79 Å². The van der Waals surface area contributed by atoms with Gasteiger partial charge >= 0.3 is 5.97 Å². The van der Waals surface area contributed by atoms with Crippen LogP contribution in [0.1, 0.15) is 22.8 Å². The van der Waals surface area contributed by atoms with E-state index in [1.54, 1.807) is 80.0 Å². The van der Waals surface area contributed by atoms with Gasteiger partial charge in [0.05, 0.1) is 23.4 Å². The maximum atomic E-state index is 13.6. The summed E-state index contributed by atoms with van der Waals surface area (Å²) in [7, 11) is 0. The number of ether oxygens (including phenoxy) is 1. The summed E-state index contributed by atoms with van der Waals surface area (Å²) >= 11 is 1.07. The van der Waals surface area contributed by atoms with E-state index in [0.29, 0.717) is 33.3 Å². The molecule has 0 atom stereocenters. The normalized spacial score (nSPS) is 13.9. The number of nitrogens with one attached hydrogen (secondary N) is 1. The van der Waals surface area contributed by atoms with Crippen LogP contribution in [0, 0.1) is 0 Å². The number of nitrogens with zero attached hydrogens (tertiary/aromatic N) is 5. The van der Waals surface area contributed by atoms with Crippen LogP contribution in [0.3, 0.4) is 0 Å². The van der Waals surface area contributed by atoms with E-state index >= 15 is 0 Å². The zero-order chi connectivity index (χ0) is 27.8. The maximum Gasteiger partial charge on any atom is 0.338 e. The van der Waals surface area contributed by atoms with Crippen molar-refractivity contribution in [3.05, 3.63) is 99.1 Å². The minimum Gasteiger partial charge on any atom is -0.462 e. The summed E-state index contributed by atoms with van der Waals surface area (Å²) in [5.74, 6) is -0.982. The highest BCUT2D eigenvalue weighted by molar-refractivity contribution is 7.15. The Morgan fingerprint density at radius 1 is 1.00 bits per heavy atom. The molecule has 11 nitrogen and oxygen atoms in total. The molecule has 0 spiro atoms. The summed E-state index contributed by atoms with van der Waals surface area (Å²) in [6.07, 6.45) is 3.22. The van der Waals surface area contributed by atoms with Crippen LogP contribution in [0.5, 0.6) is 0 Å². The molecule has 0 saturated heterocycles. The number of thiazole rings is 1. The first kappa shape index (κ1) is 25.1. The highest BCUT2D eigenvalue weighted by atomic mass is 32.1. The summed E-state index contributed by atoms with van der Waals surface area (Å²) in [5.41, 5.74) is 2.35. The number of fused-ring (bicyclic) bond motifs is 2. The van der Waals surface area contributed by atoms with Gasteiger partial charge in [-0.05, 0) is 49.4 Å². The average molecular weight is 553 g/mol. The highest BCUT2D eigenvalue weighted by Crippen LogP contribution is 2.35. The van der Waals surface area contributed by atoms with Crippen molar-refractivity contribution >= 4 is 51.0 Å². The number of amides is 2. The van der Waals surface area contributed by atoms with E-state index in [4.69, 9.17) is 4.74 Å². The molecule has 0 fully saturated rings. The molecule has 0 radical (unpaired) electrons. The van der Waals surface area contributed by atoms with Crippen LogP contribution in [0.2, 0.25) is 0 Å². The van der Waals surface area contributed by atoms with Gasteiger partial charge in [-0.15, -0.1) is 5.10 Å². The van der Waals surface area contributed by atoms with Crippen molar-refractivity contribution in [2.75, 3.05) is 23.4 Å². The van der Waals surface area contributed by atoms with E-state index in [2.05, 4.69) is 20.4 Å². The van der Waals surface area contributed by atoms with E-state index in [1.165, 1.54) is 9.42 Å². The monoisotopic (exact) mass is 552 g/mol. The molecule has 1 aliphatic rings. The lowest BCUT2D eigenvalue weighted by Crippen LogP contribution is -2.37. The highest BCUT2D eigenvalue weighted by Gasteiger charge is 2.35. The van der Waals surface area contributed by atoms with Gasteiger partial charge in [-0.3, -0.25) is 24.3 Å². The Morgan fingerprint density at radius 2 is 1.75 bits per heavy atom. The number of esters is 1. The topological polar surface area (TPSA) is 136 Å². The first-order valence-electron chi connectivity index (χ1n) is 12.3. The van der Waals surface area contributed by atoms with Gasteiger partial charge in [-0.1, -0.05) is 29.5 Å². The van der Waals surface area contributed by atoms with Gasteiger partial charge in [-0.2, -0.15) is 9.50 Å². The average Bonchev–Trinajstić information content (AvgIpc) is 3.60. The van der Waals surface area contributed by atoms with Crippen molar-refractivity contribution < 1.29 is 19.1 Å². The predicted octanol–water partition coefficient (Wildman–Crippen LogP) is 2.29. The second-order valence-electron chi connectivity index (χ2n) is 8.73. The smallest absolute Gasteiger partial charge is 0.338 e. The lowest BCUT2D eigenvalue weighted by atomic mass is 10.1. The molecule has 1 aliphatic heterocycles. The minimum absolute atomic E-state index is 0.200. The molecule has 0 aliphatic carbocycles. The number of anilines is 2. The number of rotatable bonds is 6. The van der Waals surface area contributed by atoms with Crippen molar-refractivity contribution in [1.82, 2.24) is 19.6 Å². The van der Waals surface area contributed by atoms with Gasteiger partial charge in [0.15, 0.2) is 5.82 Å². The van der Waals surface area contributed by atoms with Crippen molar-refractivity contribution in [2.24, 2.45) is 0 Å². The third kappa shape index (κ3) is 4.39. The Balaban J connectivity index is 1.30. The lowest BCUT2D eigenvalue weighted by molar-refractivity contribution is -0.118. The number of hydrogen-bond acceptors (Lipinski definition) is 9. The maximum absolute atomic E-state index is 13.6. The molecule has 198 valence electrons. The summed E-state index contributed by atoms with van der Waals surface area (Å²) in [4.78, 5) is 61.9. The zero-order valence-electron chi connectivity index (χ0n) is 21.0. The standard InChI is InChI=1S/C28H20N6O5S/c1-2-39-27(38)17-7-9-18(10-8-17)30-21(35)15-33-20-6-4-3-5-19(20)22(25(33)36)23-26(37)34-28(40-23)31-24(32-34)16-11-13-29-14-12-16/h3-14H,2,15H2,1H3,(H,30,35)/b23-22-. The van der Waals surface area contributed by atoms with Gasteiger partial charge in [0, 0.05) is 29.2 Å². The molecule has 3 aromatic heterocycles. The van der Waals surface area contributed by atoms with Gasteiger partial charge in [0.25, 0.3) is 11.5 Å². The Morgan fingerprint density at radius 3 is 2.48 bits per heavy atom. The van der Waals surface area contributed by atoms with Gasteiger partial charge in [0.1, 0.15) is 11.1 Å². The van der Waals surface area contributed by atoms with Crippen molar-refractivity contribution in [3.8, 4) is 11.4 Å². The summed E-state index contributed by atoms with van der Waals surface area (Å²) in [6, 6.07) is 16.7. The Hall–Kier alpha value is -5.23. The SMILES string of the molecule is CCOC(=O)c1ccc(NC(=O)CN2C(=O)/C(=c3\sc4nc(-c5ccncc5)nn4c3=O)c3ccccc32)cc1. The first-order valence-corrected chi connectivity index (χ1v) is 13.1. The molecule has 12 heteroatoms. The molecule has 2 amide bonds. The van der Waals surface area contributed by atoms with Crippen LogP contribution in [0.15, 0.2) is 77.9 Å². The predicted molar refractivity (Wildman–Crippen MR) is 148 cm³/mol. The molecule has 5 aromatic rings. The van der Waals surface area contributed by atoms with Crippen LogP contribution in [-0.2, 0) is 14.3 Å². The molecule has 40 heavy (non-hydrogen) atoms. The van der Waals surface area contributed by atoms with Gasteiger partial charge in [0.2, 0.25) is 10.9 Å². The second kappa shape index (κ2) is 10.2. The summed E-state index contributed by atoms with van der Waals surface area (Å²) < 4.78 is 6.36. The fraction of sp³-hybridized carbons (Fsp3) is 0.107. The molecule has 0 saturated carbocycles. The zero-order valence-corrected chi connectivity index (χ0v) is 21.8. The summed E-state index contributed by atoms with van der Waals surface area (Å²) in [5, 5.41) is 7.08. The number of carbonyl (C=O) groups excluding carboxylic acids is 3. The molecular formula is C28H20N6O5S. The van der Waals surface area contributed by atoms with Gasteiger partial charge < -0.3 is 10.1 Å². The van der Waals surface area contributed by atoms with Crippen LogP contribution in [-0.4, -0.2) is 50.5 Å². The third-order valence-electron chi connectivity index (χ3n) is 6.23. The Labute approximate surface area is 230 Å². The number of para-hydroxylation sites is 1. The molecule has 0 bridgehead atoms. The van der Waals surface area contributed by atoms with Crippen LogP contribution >= 0.6 is 11.3 Å². The minimum atomic E-state index is -0.468. The Bertz CT molecular complexity index is 1900. The van der Waals surface area contributed by atoms with Crippen LogP contribution in [0.4, 0.5) is 11.4 Å². The fourth-order valence-corrected chi connectivity index (χ4v) is 5.41. The molecule has 4 heterocycles. The van der Waals surface area contributed by atoms with Crippen molar-refractivity contribution in [2.45, 2.75) is 6.92 Å². The third-order valence-corrected chi connectivity index (χ3v) is 7.26. The molecule has 2 aromatic carbocycles. The van der Waals surface area contributed by atoms with Crippen molar-refractivity contribution in [1.29, 1.82) is 0 Å². The first-order chi connectivity index (χ1) is 19.4. The molecule has 6 rings (SSSR count). The van der Waals surface area contributed by atoms with E-state index in [0.717, 1.165) is 16.9 Å². The number of benzene rings is 2. The largest absolute Gasteiger partial charge is 0.462 e. The fourth-order valence-electron chi connectivity index (χ4n) is 4.41. The van der Waals surface area contributed by atoms with E-state index in [9.17, 15) is 19.2 Å². The van der Waals surface area contributed by atoms with E-state index in [1.807, 2.05) is 0 Å². The molecular weight excluding hydrogens is 532 g/mol. The van der Waals surface area contributed by atoms with E-state index < -0.39 is 23.3 Å². The quantitative estimate of drug-likeness (QED) is 0.317. The summed E-state index contributed by atoms with van der Waals surface area (Å²) in [6.45, 7) is 1.70. The number of hydrogen-bond donors (Lipinski definition) is 1. The molecule has 1 N–H and O–H groups in total. The number of aromatic nitrogens is 4. The number of carbonyl (C=O) groups is 3. The van der Waals surface area contributed by atoms with Crippen LogP contribution < -0.4 is 20.3 Å². The van der Waals surface area contributed by atoms with Crippen LogP contribution in [0.25, 0.3) is 21.9 Å². The lowest BCUT2D eigenvalue weighted by Gasteiger charge is -2.16. The number of pyridine rings is 1. The second-order valence-corrected chi connectivity index (χ2v) is 9.71. The van der Waals surface area contributed by atoms with Crippen molar-refractivity contribution in [3.63, 3.8) is 0 Å². The molecule has 0 unspecified atom stereocenters. The Kier molecular flexibility index (Phi) is 6.36. The van der Waals surface area contributed by atoms with E-state index in [-0.39, 0.29) is 23.3 Å².